The molecule has 2 aromatic carbocycles. The molecule has 1 aliphatic rings. The molecule has 156 valence electrons. The van der Waals surface area contributed by atoms with Gasteiger partial charge in [-0.3, -0.25) is 4.79 Å². The molecule has 3 rings (SSSR count). The lowest BCUT2D eigenvalue weighted by molar-refractivity contribution is 0.0784. The van der Waals surface area contributed by atoms with Gasteiger partial charge in [0.1, 0.15) is 5.75 Å². The number of hydrogen-bond donors (Lipinski definition) is 0. The molecule has 0 radical (unpaired) electrons. The molecular formula is C22H28N2O4S. The Balaban J connectivity index is 1.74. The minimum Gasteiger partial charge on any atom is -0.496 e. The van der Waals surface area contributed by atoms with Crippen molar-refractivity contribution in [2.45, 2.75) is 37.6 Å². The topological polar surface area (TPSA) is 66.9 Å². The van der Waals surface area contributed by atoms with Gasteiger partial charge in [-0.15, -0.1) is 0 Å². The summed E-state index contributed by atoms with van der Waals surface area (Å²) in [7, 11) is -0.162. The molecule has 7 heteroatoms. The third kappa shape index (κ3) is 4.79. The summed E-state index contributed by atoms with van der Waals surface area (Å²) in [6, 6.07) is 12.1. The second kappa shape index (κ2) is 8.97. The van der Waals surface area contributed by atoms with Crippen molar-refractivity contribution in [3.63, 3.8) is 0 Å². The third-order valence-electron chi connectivity index (χ3n) is 5.24. The summed E-state index contributed by atoms with van der Waals surface area (Å²) in [6.45, 7) is 3.51. The van der Waals surface area contributed by atoms with Crippen LogP contribution >= 0.6 is 0 Å². The summed E-state index contributed by atoms with van der Waals surface area (Å²) in [5.41, 5.74) is 2.47. The largest absolute Gasteiger partial charge is 0.496 e. The summed E-state index contributed by atoms with van der Waals surface area (Å²) in [5, 5.41) is 0. The van der Waals surface area contributed by atoms with Gasteiger partial charge in [0.15, 0.2) is 0 Å². The Morgan fingerprint density at radius 1 is 1.07 bits per heavy atom. The van der Waals surface area contributed by atoms with E-state index in [1.165, 1.54) is 16.4 Å². The summed E-state index contributed by atoms with van der Waals surface area (Å²) in [4.78, 5) is 14.7. The van der Waals surface area contributed by atoms with Gasteiger partial charge in [0.25, 0.3) is 5.91 Å². The molecular weight excluding hydrogens is 388 g/mol. The molecule has 0 N–H and O–H groups in total. The van der Waals surface area contributed by atoms with Crippen LogP contribution in [-0.4, -0.2) is 50.8 Å². The van der Waals surface area contributed by atoms with E-state index in [-0.39, 0.29) is 10.8 Å². The Morgan fingerprint density at radius 2 is 1.72 bits per heavy atom. The van der Waals surface area contributed by atoms with E-state index in [1.54, 1.807) is 31.2 Å². The van der Waals surface area contributed by atoms with Crippen LogP contribution in [0.2, 0.25) is 0 Å². The molecule has 0 spiro atoms. The van der Waals surface area contributed by atoms with E-state index in [2.05, 4.69) is 0 Å². The highest BCUT2D eigenvalue weighted by Gasteiger charge is 2.26. The van der Waals surface area contributed by atoms with Crippen LogP contribution in [-0.2, 0) is 16.6 Å². The van der Waals surface area contributed by atoms with Crippen molar-refractivity contribution < 1.29 is 17.9 Å². The predicted molar refractivity (Wildman–Crippen MR) is 113 cm³/mol. The van der Waals surface area contributed by atoms with Crippen LogP contribution in [0, 0.1) is 6.92 Å². The number of amides is 1. The first kappa shape index (κ1) is 21.3. The minimum absolute atomic E-state index is 0.171. The summed E-state index contributed by atoms with van der Waals surface area (Å²) >= 11 is 0. The fourth-order valence-electron chi connectivity index (χ4n) is 3.60. The van der Waals surface area contributed by atoms with E-state index in [9.17, 15) is 13.2 Å². The van der Waals surface area contributed by atoms with E-state index in [0.717, 1.165) is 36.1 Å². The number of hydrogen-bond acceptors (Lipinski definition) is 4. The van der Waals surface area contributed by atoms with Crippen molar-refractivity contribution in [1.29, 1.82) is 0 Å². The molecule has 1 fully saturated rings. The van der Waals surface area contributed by atoms with Crippen LogP contribution < -0.4 is 4.74 Å². The summed E-state index contributed by atoms with van der Waals surface area (Å²) in [5.74, 6) is 0.564. The standard InChI is InChI=1S/C22H28N2O4S/c1-17-7-12-21(28-3)19(15-17)16-23(2)22(25)18-8-10-20(11-9-18)29(26,27)24-13-5-4-6-14-24/h7-12,15H,4-6,13-14,16H2,1-3H3. The van der Waals surface area contributed by atoms with E-state index in [1.807, 2.05) is 25.1 Å². The Morgan fingerprint density at radius 3 is 2.34 bits per heavy atom. The third-order valence-corrected chi connectivity index (χ3v) is 7.16. The van der Waals surface area contributed by atoms with E-state index < -0.39 is 10.0 Å². The molecule has 1 saturated heterocycles. The van der Waals surface area contributed by atoms with Crippen molar-refractivity contribution in [3.05, 3.63) is 59.2 Å². The molecule has 0 aromatic heterocycles. The number of methoxy groups -OCH3 is 1. The zero-order valence-corrected chi connectivity index (χ0v) is 18.0. The van der Waals surface area contributed by atoms with Crippen LogP contribution in [0.1, 0.15) is 40.7 Å². The second-order valence-corrected chi connectivity index (χ2v) is 9.40. The van der Waals surface area contributed by atoms with Gasteiger partial charge < -0.3 is 9.64 Å². The van der Waals surface area contributed by atoms with Gasteiger partial charge >= 0.3 is 0 Å². The van der Waals surface area contributed by atoms with Crippen molar-refractivity contribution in [2.75, 3.05) is 27.2 Å². The van der Waals surface area contributed by atoms with E-state index in [4.69, 9.17) is 4.74 Å². The first-order chi connectivity index (χ1) is 13.8. The van der Waals surface area contributed by atoms with E-state index in [0.29, 0.717) is 25.2 Å². The maximum absolute atomic E-state index is 12.8. The molecule has 0 aliphatic carbocycles. The average Bonchev–Trinajstić information content (AvgIpc) is 2.74. The van der Waals surface area contributed by atoms with Gasteiger partial charge in [-0.25, -0.2) is 8.42 Å². The molecule has 1 heterocycles. The van der Waals surface area contributed by atoms with Gasteiger partial charge in [0.2, 0.25) is 10.0 Å². The number of nitrogens with zero attached hydrogens (tertiary/aromatic N) is 2. The quantitative estimate of drug-likeness (QED) is 0.723. The highest BCUT2D eigenvalue weighted by Crippen LogP contribution is 2.23. The molecule has 0 saturated carbocycles. The first-order valence-electron chi connectivity index (χ1n) is 9.82. The van der Waals surface area contributed by atoms with Crippen LogP contribution in [0.5, 0.6) is 5.75 Å². The zero-order valence-electron chi connectivity index (χ0n) is 17.2. The highest BCUT2D eigenvalue weighted by atomic mass is 32.2. The average molecular weight is 417 g/mol. The van der Waals surface area contributed by atoms with Crippen LogP contribution in [0.15, 0.2) is 47.4 Å². The van der Waals surface area contributed by atoms with Gasteiger partial charge in [-0.1, -0.05) is 24.1 Å². The Kier molecular flexibility index (Phi) is 6.59. The van der Waals surface area contributed by atoms with Gasteiger partial charge in [0, 0.05) is 37.8 Å². The molecule has 1 amide bonds. The fourth-order valence-corrected chi connectivity index (χ4v) is 5.12. The normalized spacial score (nSPS) is 15.1. The molecule has 2 aromatic rings. The lowest BCUT2D eigenvalue weighted by Gasteiger charge is -2.26. The van der Waals surface area contributed by atoms with Crippen molar-refractivity contribution in [2.24, 2.45) is 0 Å². The molecule has 1 aliphatic heterocycles. The van der Waals surface area contributed by atoms with Gasteiger partial charge in [-0.05, 0) is 50.1 Å². The summed E-state index contributed by atoms with van der Waals surface area (Å²) < 4.78 is 32.4. The maximum atomic E-state index is 12.8. The number of benzene rings is 2. The van der Waals surface area contributed by atoms with Crippen LogP contribution in [0.4, 0.5) is 0 Å². The molecule has 0 bridgehead atoms. The van der Waals surface area contributed by atoms with Gasteiger partial charge in [0.05, 0.1) is 12.0 Å². The van der Waals surface area contributed by atoms with Crippen molar-refractivity contribution in [1.82, 2.24) is 9.21 Å². The Labute approximate surface area is 173 Å². The number of carbonyl (C=O) groups excluding carboxylic acids is 1. The number of sulfonamides is 1. The SMILES string of the molecule is COc1ccc(C)cc1CN(C)C(=O)c1ccc(S(=O)(=O)N2CCCCC2)cc1. The number of aryl methyl sites for hydroxylation is 1. The number of ether oxygens (including phenoxy) is 1. The number of piperidine rings is 1. The smallest absolute Gasteiger partial charge is 0.253 e. The molecule has 0 atom stereocenters. The van der Waals surface area contributed by atoms with Crippen molar-refractivity contribution >= 4 is 15.9 Å². The predicted octanol–water partition coefficient (Wildman–Crippen LogP) is 3.45. The molecule has 29 heavy (non-hydrogen) atoms. The van der Waals surface area contributed by atoms with Crippen molar-refractivity contribution in [3.8, 4) is 5.75 Å². The molecule has 0 unspecified atom stereocenters. The molecule has 6 nitrogen and oxygen atoms in total. The zero-order chi connectivity index (χ0) is 21.0. The minimum atomic E-state index is -3.50. The fraction of sp³-hybridized carbons (Fsp3) is 0.409. The lowest BCUT2D eigenvalue weighted by atomic mass is 10.1. The highest BCUT2D eigenvalue weighted by molar-refractivity contribution is 7.89. The van der Waals surface area contributed by atoms with Crippen LogP contribution in [0.3, 0.4) is 0 Å². The Hall–Kier alpha value is -2.38. The first-order valence-corrected chi connectivity index (χ1v) is 11.3. The maximum Gasteiger partial charge on any atom is 0.253 e. The van der Waals surface area contributed by atoms with E-state index >= 15 is 0 Å². The van der Waals surface area contributed by atoms with Gasteiger partial charge in [-0.2, -0.15) is 4.31 Å². The monoisotopic (exact) mass is 416 g/mol. The lowest BCUT2D eigenvalue weighted by Crippen LogP contribution is -2.35. The summed E-state index contributed by atoms with van der Waals surface area (Å²) in [6.07, 6.45) is 2.85. The Bertz CT molecular complexity index is 965. The number of carbonyl (C=O) groups is 1. The second-order valence-electron chi connectivity index (χ2n) is 7.47. The van der Waals surface area contributed by atoms with Crippen LogP contribution in [0.25, 0.3) is 0 Å². The number of rotatable bonds is 6.